The van der Waals surface area contributed by atoms with E-state index in [0.717, 1.165) is 25.9 Å². The second kappa shape index (κ2) is 7.20. The lowest BCUT2D eigenvalue weighted by molar-refractivity contribution is 0.0794. The summed E-state index contributed by atoms with van der Waals surface area (Å²) in [5, 5.41) is 3.55. The number of hydrogen-bond donors (Lipinski definition) is 1. The van der Waals surface area contributed by atoms with Crippen LogP contribution in [0.3, 0.4) is 0 Å². The van der Waals surface area contributed by atoms with Gasteiger partial charge in [0.25, 0.3) is 11.8 Å². The van der Waals surface area contributed by atoms with E-state index in [-0.39, 0.29) is 11.6 Å². The van der Waals surface area contributed by atoms with Gasteiger partial charge in [-0.3, -0.25) is 14.6 Å². The zero-order valence-electron chi connectivity index (χ0n) is 12.8. The van der Waals surface area contributed by atoms with Crippen LogP contribution in [0, 0.1) is 0 Å². The highest BCUT2D eigenvalue weighted by Gasteiger charge is 2.23. The van der Waals surface area contributed by atoms with Crippen molar-refractivity contribution in [1.29, 1.82) is 0 Å². The number of halogens is 2. The predicted molar refractivity (Wildman–Crippen MR) is 93.8 cm³/mol. The molecule has 1 aromatic heterocycles. The zero-order valence-corrected chi connectivity index (χ0v) is 14.3. The van der Waals surface area contributed by atoms with Crippen molar-refractivity contribution in [3.8, 4) is 0 Å². The summed E-state index contributed by atoms with van der Waals surface area (Å²) in [5.74, 6) is -0.561. The van der Waals surface area contributed by atoms with Gasteiger partial charge in [0.15, 0.2) is 0 Å². The lowest BCUT2D eigenvalue weighted by Gasteiger charge is -2.18. The number of pyridine rings is 1. The molecule has 1 N–H and O–H groups in total. The predicted octanol–water partition coefficient (Wildman–Crippen LogP) is 3.88. The Kier molecular flexibility index (Phi) is 5.02. The molecule has 1 saturated heterocycles. The molecular weight excluding hydrogens is 349 g/mol. The summed E-state index contributed by atoms with van der Waals surface area (Å²) >= 11 is 11.9. The molecule has 0 saturated carbocycles. The van der Waals surface area contributed by atoms with Crippen molar-refractivity contribution in [2.24, 2.45) is 0 Å². The summed E-state index contributed by atoms with van der Waals surface area (Å²) in [6.07, 6.45) is 3.44. The number of amides is 2. The van der Waals surface area contributed by atoms with E-state index >= 15 is 0 Å². The van der Waals surface area contributed by atoms with E-state index in [2.05, 4.69) is 10.3 Å². The molecule has 0 aliphatic carbocycles. The van der Waals surface area contributed by atoms with Gasteiger partial charge in [0.1, 0.15) is 5.69 Å². The molecule has 0 radical (unpaired) electrons. The van der Waals surface area contributed by atoms with Gasteiger partial charge in [-0.1, -0.05) is 23.2 Å². The molecule has 1 aliphatic heterocycles. The van der Waals surface area contributed by atoms with Gasteiger partial charge in [-0.2, -0.15) is 0 Å². The molecule has 2 amide bonds. The number of nitrogens with one attached hydrogen (secondary N) is 1. The number of benzene rings is 1. The Morgan fingerprint density at radius 2 is 1.75 bits per heavy atom. The van der Waals surface area contributed by atoms with Gasteiger partial charge in [0, 0.05) is 29.3 Å². The molecule has 0 spiro atoms. The lowest BCUT2D eigenvalue weighted by atomic mass is 10.1. The molecule has 1 aliphatic rings. The van der Waals surface area contributed by atoms with Crippen LogP contribution in [0.5, 0.6) is 0 Å². The zero-order chi connectivity index (χ0) is 17.1. The first-order valence-electron chi connectivity index (χ1n) is 7.56. The van der Waals surface area contributed by atoms with Gasteiger partial charge < -0.3 is 10.2 Å². The number of anilines is 1. The van der Waals surface area contributed by atoms with Crippen LogP contribution in [-0.2, 0) is 0 Å². The normalized spacial score (nSPS) is 13.8. The van der Waals surface area contributed by atoms with E-state index in [1.165, 1.54) is 12.3 Å². The summed E-state index contributed by atoms with van der Waals surface area (Å²) in [5.41, 5.74) is 0.949. The topological polar surface area (TPSA) is 62.3 Å². The smallest absolute Gasteiger partial charge is 0.274 e. The van der Waals surface area contributed by atoms with Crippen LogP contribution in [-0.4, -0.2) is 34.8 Å². The van der Waals surface area contributed by atoms with E-state index in [4.69, 9.17) is 23.2 Å². The first-order valence-corrected chi connectivity index (χ1v) is 8.32. The van der Waals surface area contributed by atoms with Crippen LogP contribution < -0.4 is 5.32 Å². The van der Waals surface area contributed by atoms with Crippen LogP contribution in [0.25, 0.3) is 0 Å². The Bertz CT molecular complexity index is 789. The minimum Gasteiger partial charge on any atom is -0.339 e. The van der Waals surface area contributed by atoms with Crippen LogP contribution in [0.1, 0.15) is 33.7 Å². The third kappa shape index (κ3) is 3.68. The van der Waals surface area contributed by atoms with Crippen molar-refractivity contribution < 1.29 is 9.59 Å². The maximum Gasteiger partial charge on any atom is 0.274 e. The summed E-state index contributed by atoms with van der Waals surface area (Å²) in [6, 6.07) is 7.87. The number of rotatable bonds is 3. The Morgan fingerprint density at radius 1 is 1.04 bits per heavy atom. The van der Waals surface area contributed by atoms with Crippen molar-refractivity contribution >= 4 is 40.7 Å². The number of nitrogens with zero attached hydrogens (tertiary/aromatic N) is 2. The molecule has 0 bridgehead atoms. The SMILES string of the molecule is O=C(Nc1cc(Cl)ccc1C(=O)N1CCCC1)c1cc(Cl)ccn1. The number of carbonyl (C=O) groups excluding carboxylic acids is 2. The Balaban J connectivity index is 1.88. The average molecular weight is 364 g/mol. The first-order chi connectivity index (χ1) is 11.5. The fourth-order valence-corrected chi connectivity index (χ4v) is 2.94. The monoisotopic (exact) mass is 363 g/mol. The van der Waals surface area contributed by atoms with E-state index in [1.807, 2.05) is 0 Å². The van der Waals surface area contributed by atoms with E-state index in [9.17, 15) is 9.59 Å². The minimum atomic E-state index is -0.449. The van der Waals surface area contributed by atoms with E-state index in [1.54, 1.807) is 29.2 Å². The molecule has 5 nitrogen and oxygen atoms in total. The van der Waals surface area contributed by atoms with Crippen LogP contribution in [0.2, 0.25) is 10.0 Å². The van der Waals surface area contributed by atoms with Gasteiger partial charge in [0.2, 0.25) is 0 Å². The van der Waals surface area contributed by atoms with Crippen molar-refractivity contribution in [2.45, 2.75) is 12.8 Å². The molecule has 3 rings (SSSR count). The number of aromatic nitrogens is 1. The number of likely N-dealkylation sites (tertiary alicyclic amines) is 1. The molecule has 7 heteroatoms. The fraction of sp³-hybridized carbons (Fsp3) is 0.235. The van der Waals surface area contributed by atoms with Crippen LogP contribution >= 0.6 is 23.2 Å². The molecule has 124 valence electrons. The maximum absolute atomic E-state index is 12.6. The van der Waals surface area contributed by atoms with Gasteiger partial charge in [-0.15, -0.1) is 0 Å². The quantitative estimate of drug-likeness (QED) is 0.899. The van der Waals surface area contributed by atoms with Crippen molar-refractivity contribution in [3.63, 3.8) is 0 Å². The highest BCUT2D eigenvalue weighted by molar-refractivity contribution is 6.31. The molecular formula is C17H15Cl2N3O2. The summed E-state index contributed by atoms with van der Waals surface area (Å²) in [7, 11) is 0. The summed E-state index contributed by atoms with van der Waals surface area (Å²) in [6.45, 7) is 1.45. The molecule has 24 heavy (non-hydrogen) atoms. The second-order valence-electron chi connectivity index (χ2n) is 5.50. The second-order valence-corrected chi connectivity index (χ2v) is 6.38. The highest BCUT2D eigenvalue weighted by atomic mass is 35.5. The van der Waals surface area contributed by atoms with Gasteiger partial charge in [0.05, 0.1) is 11.3 Å². The highest BCUT2D eigenvalue weighted by Crippen LogP contribution is 2.25. The van der Waals surface area contributed by atoms with Gasteiger partial charge in [-0.25, -0.2) is 0 Å². The van der Waals surface area contributed by atoms with Gasteiger partial charge >= 0.3 is 0 Å². The molecule has 2 heterocycles. The maximum atomic E-state index is 12.6. The average Bonchev–Trinajstić information content (AvgIpc) is 3.09. The summed E-state index contributed by atoms with van der Waals surface area (Å²) in [4.78, 5) is 30.8. The molecule has 2 aromatic rings. The molecule has 0 atom stereocenters. The largest absolute Gasteiger partial charge is 0.339 e. The van der Waals surface area contributed by atoms with Gasteiger partial charge in [-0.05, 0) is 43.2 Å². The van der Waals surface area contributed by atoms with Crippen LogP contribution in [0.4, 0.5) is 5.69 Å². The molecule has 0 unspecified atom stereocenters. The van der Waals surface area contributed by atoms with Crippen molar-refractivity contribution in [1.82, 2.24) is 9.88 Å². The van der Waals surface area contributed by atoms with Crippen LogP contribution in [0.15, 0.2) is 36.5 Å². The Labute approximate surface area is 149 Å². The van der Waals surface area contributed by atoms with E-state index < -0.39 is 5.91 Å². The van der Waals surface area contributed by atoms with E-state index in [0.29, 0.717) is 21.3 Å². The summed E-state index contributed by atoms with van der Waals surface area (Å²) < 4.78 is 0. The fourth-order valence-electron chi connectivity index (χ4n) is 2.61. The molecule has 1 aromatic carbocycles. The number of hydrogen-bond acceptors (Lipinski definition) is 3. The standard InChI is InChI=1S/C17H15Cl2N3O2/c18-11-3-4-13(17(24)22-7-1-2-8-22)14(9-11)21-16(23)15-10-12(19)5-6-20-15/h3-6,9-10H,1-2,7-8H2,(H,21,23). The first kappa shape index (κ1) is 16.7. The van der Waals surface area contributed by atoms with Crippen molar-refractivity contribution in [3.05, 3.63) is 57.8 Å². The lowest BCUT2D eigenvalue weighted by Crippen LogP contribution is -2.29. The minimum absolute atomic E-state index is 0.112. The Morgan fingerprint density at radius 3 is 2.46 bits per heavy atom. The molecule has 1 fully saturated rings. The Hall–Kier alpha value is -2.11. The van der Waals surface area contributed by atoms with Crippen molar-refractivity contribution in [2.75, 3.05) is 18.4 Å². The number of carbonyl (C=O) groups is 2. The third-order valence-electron chi connectivity index (χ3n) is 3.81. The third-order valence-corrected chi connectivity index (χ3v) is 4.28.